The Labute approximate surface area is 143 Å². The molecule has 0 bridgehead atoms. The molecule has 0 saturated carbocycles. The normalized spacial score (nSPS) is 18.4. The van der Waals surface area contributed by atoms with E-state index in [4.69, 9.17) is 4.74 Å². The standard InChI is InChI=1S/C13H24N6O.HI/c1-3-14-13(15-7-6-11-5-4-8-20-11)16-9-12-17-10-18-19(12)2;/h10-11H,3-9H2,1-2H3,(H2,14,15,16);1H. The second-order valence-corrected chi connectivity index (χ2v) is 4.85. The van der Waals surface area contributed by atoms with E-state index in [0.717, 1.165) is 37.9 Å². The van der Waals surface area contributed by atoms with Gasteiger partial charge >= 0.3 is 0 Å². The van der Waals surface area contributed by atoms with E-state index in [1.807, 2.05) is 7.05 Å². The van der Waals surface area contributed by atoms with E-state index in [2.05, 4.69) is 32.6 Å². The van der Waals surface area contributed by atoms with Crippen LogP contribution in [0.2, 0.25) is 0 Å². The highest BCUT2D eigenvalue weighted by Gasteiger charge is 2.14. The molecule has 21 heavy (non-hydrogen) atoms. The fourth-order valence-electron chi connectivity index (χ4n) is 2.18. The zero-order chi connectivity index (χ0) is 14.2. The fourth-order valence-corrected chi connectivity index (χ4v) is 2.18. The van der Waals surface area contributed by atoms with E-state index in [9.17, 15) is 0 Å². The molecule has 2 N–H and O–H groups in total. The summed E-state index contributed by atoms with van der Waals surface area (Å²) in [7, 11) is 1.87. The summed E-state index contributed by atoms with van der Waals surface area (Å²) in [6.45, 7) is 5.19. The molecule has 8 heteroatoms. The van der Waals surface area contributed by atoms with Crippen LogP contribution in [0, 0.1) is 0 Å². The van der Waals surface area contributed by atoms with Gasteiger partial charge in [-0.05, 0) is 26.2 Å². The van der Waals surface area contributed by atoms with Gasteiger partial charge in [-0.25, -0.2) is 9.98 Å². The quantitative estimate of drug-likeness (QED) is 0.418. The first-order valence-electron chi connectivity index (χ1n) is 7.26. The van der Waals surface area contributed by atoms with Gasteiger partial charge in [-0.2, -0.15) is 5.10 Å². The van der Waals surface area contributed by atoms with Crippen LogP contribution in [-0.4, -0.2) is 46.5 Å². The van der Waals surface area contributed by atoms with E-state index in [0.29, 0.717) is 12.6 Å². The van der Waals surface area contributed by atoms with Crippen molar-refractivity contribution in [1.29, 1.82) is 0 Å². The van der Waals surface area contributed by atoms with Gasteiger partial charge in [-0.15, -0.1) is 24.0 Å². The fraction of sp³-hybridized carbons (Fsp3) is 0.769. The molecule has 2 heterocycles. The number of aliphatic imine (C=N–C) groups is 1. The largest absolute Gasteiger partial charge is 0.378 e. The Hall–Kier alpha value is -0.900. The number of rotatable bonds is 6. The first-order valence-corrected chi connectivity index (χ1v) is 7.26. The van der Waals surface area contributed by atoms with Crippen molar-refractivity contribution in [2.75, 3.05) is 19.7 Å². The lowest BCUT2D eigenvalue weighted by atomic mass is 10.2. The summed E-state index contributed by atoms with van der Waals surface area (Å²) in [4.78, 5) is 8.67. The van der Waals surface area contributed by atoms with Crippen LogP contribution in [0.5, 0.6) is 0 Å². The van der Waals surface area contributed by atoms with Crippen LogP contribution in [0.4, 0.5) is 0 Å². The van der Waals surface area contributed by atoms with E-state index < -0.39 is 0 Å². The Morgan fingerprint density at radius 1 is 1.52 bits per heavy atom. The van der Waals surface area contributed by atoms with Crippen LogP contribution in [0.1, 0.15) is 32.0 Å². The maximum atomic E-state index is 5.61. The van der Waals surface area contributed by atoms with Gasteiger partial charge in [0.15, 0.2) is 5.96 Å². The molecule has 1 aliphatic heterocycles. The molecule has 0 aliphatic carbocycles. The molecule has 1 atom stereocenters. The van der Waals surface area contributed by atoms with Crippen LogP contribution in [0.25, 0.3) is 0 Å². The lowest BCUT2D eigenvalue weighted by molar-refractivity contribution is 0.105. The Balaban J connectivity index is 0.00000220. The average molecular weight is 408 g/mol. The van der Waals surface area contributed by atoms with Crippen LogP contribution >= 0.6 is 24.0 Å². The van der Waals surface area contributed by atoms with Crippen molar-refractivity contribution in [2.24, 2.45) is 12.0 Å². The van der Waals surface area contributed by atoms with E-state index >= 15 is 0 Å². The number of hydrogen-bond acceptors (Lipinski definition) is 4. The van der Waals surface area contributed by atoms with Gasteiger partial charge in [-0.1, -0.05) is 0 Å². The molecule has 0 radical (unpaired) electrons. The summed E-state index contributed by atoms with van der Waals surface area (Å²) < 4.78 is 7.34. The summed E-state index contributed by atoms with van der Waals surface area (Å²) in [5.41, 5.74) is 0. The highest BCUT2D eigenvalue weighted by atomic mass is 127. The van der Waals surface area contributed by atoms with Crippen molar-refractivity contribution in [3.8, 4) is 0 Å². The average Bonchev–Trinajstić information content (AvgIpc) is 3.08. The topological polar surface area (TPSA) is 76.4 Å². The Bertz CT molecular complexity index is 430. The van der Waals surface area contributed by atoms with E-state index in [1.165, 1.54) is 12.8 Å². The van der Waals surface area contributed by atoms with Crippen LogP contribution in [-0.2, 0) is 18.3 Å². The second kappa shape index (κ2) is 9.93. The minimum atomic E-state index is 0. The minimum absolute atomic E-state index is 0. The van der Waals surface area contributed by atoms with Crippen molar-refractivity contribution in [3.63, 3.8) is 0 Å². The molecule has 1 aromatic rings. The minimum Gasteiger partial charge on any atom is -0.378 e. The lowest BCUT2D eigenvalue weighted by Crippen LogP contribution is -2.38. The van der Waals surface area contributed by atoms with Gasteiger partial charge in [0.1, 0.15) is 18.7 Å². The zero-order valence-electron chi connectivity index (χ0n) is 12.7. The van der Waals surface area contributed by atoms with Gasteiger partial charge in [-0.3, -0.25) is 4.68 Å². The summed E-state index contributed by atoms with van der Waals surface area (Å²) in [6.07, 6.45) is 5.33. The Morgan fingerprint density at radius 3 is 3.00 bits per heavy atom. The summed E-state index contributed by atoms with van der Waals surface area (Å²) in [5, 5.41) is 10.6. The number of nitrogens with zero attached hydrogens (tertiary/aromatic N) is 4. The maximum absolute atomic E-state index is 5.61. The van der Waals surface area contributed by atoms with Crippen molar-refractivity contribution >= 4 is 29.9 Å². The van der Waals surface area contributed by atoms with Gasteiger partial charge in [0, 0.05) is 26.7 Å². The van der Waals surface area contributed by atoms with Crippen LogP contribution in [0.3, 0.4) is 0 Å². The van der Waals surface area contributed by atoms with Gasteiger partial charge in [0.2, 0.25) is 0 Å². The number of ether oxygens (including phenoxy) is 1. The molecule has 0 amide bonds. The third-order valence-corrected chi connectivity index (χ3v) is 3.31. The Morgan fingerprint density at radius 2 is 2.38 bits per heavy atom. The highest BCUT2D eigenvalue weighted by Crippen LogP contribution is 2.14. The Kier molecular flexibility index (Phi) is 8.58. The number of halogens is 1. The third-order valence-electron chi connectivity index (χ3n) is 3.31. The predicted octanol–water partition coefficient (Wildman–Crippen LogP) is 1.06. The van der Waals surface area contributed by atoms with E-state index in [-0.39, 0.29) is 24.0 Å². The maximum Gasteiger partial charge on any atom is 0.191 e. The van der Waals surface area contributed by atoms with Crippen molar-refractivity contribution in [1.82, 2.24) is 25.4 Å². The van der Waals surface area contributed by atoms with Crippen LogP contribution in [0.15, 0.2) is 11.3 Å². The molecule has 1 aromatic heterocycles. The lowest BCUT2D eigenvalue weighted by Gasteiger charge is -2.13. The van der Waals surface area contributed by atoms with Gasteiger partial charge in [0.05, 0.1) is 6.10 Å². The van der Waals surface area contributed by atoms with Crippen LogP contribution < -0.4 is 10.6 Å². The molecule has 1 aliphatic rings. The smallest absolute Gasteiger partial charge is 0.191 e. The zero-order valence-corrected chi connectivity index (χ0v) is 15.0. The summed E-state index contributed by atoms with van der Waals surface area (Å²) >= 11 is 0. The van der Waals surface area contributed by atoms with Gasteiger partial charge < -0.3 is 15.4 Å². The number of guanidine groups is 1. The highest BCUT2D eigenvalue weighted by molar-refractivity contribution is 14.0. The SMILES string of the molecule is CCNC(=NCc1ncnn1C)NCCC1CCCO1.I. The molecular weight excluding hydrogens is 383 g/mol. The number of hydrogen-bond donors (Lipinski definition) is 2. The van der Waals surface area contributed by atoms with Gasteiger partial charge in [0.25, 0.3) is 0 Å². The molecular formula is C13H25IN6O. The summed E-state index contributed by atoms with van der Waals surface area (Å²) in [5.74, 6) is 1.66. The van der Waals surface area contributed by atoms with Crippen molar-refractivity contribution < 1.29 is 4.74 Å². The monoisotopic (exact) mass is 408 g/mol. The van der Waals surface area contributed by atoms with Crippen molar-refractivity contribution in [3.05, 3.63) is 12.2 Å². The first kappa shape index (κ1) is 18.1. The molecule has 2 rings (SSSR count). The molecule has 1 unspecified atom stereocenters. The molecule has 0 spiro atoms. The molecule has 120 valence electrons. The number of aryl methyl sites for hydroxylation is 1. The predicted molar refractivity (Wildman–Crippen MR) is 92.8 cm³/mol. The molecule has 1 saturated heterocycles. The third kappa shape index (κ3) is 6.16. The molecule has 0 aromatic carbocycles. The van der Waals surface area contributed by atoms with E-state index in [1.54, 1.807) is 11.0 Å². The number of nitrogens with one attached hydrogen (secondary N) is 2. The summed E-state index contributed by atoms with van der Waals surface area (Å²) in [6, 6.07) is 0. The molecule has 1 fully saturated rings. The second-order valence-electron chi connectivity index (χ2n) is 4.85. The van der Waals surface area contributed by atoms with Crippen molar-refractivity contribution in [2.45, 2.75) is 38.8 Å². The number of aromatic nitrogens is 3. The molecule has 7 nitrogen and oxygen atoms in total. The first-order chi connectivity index (χ1) is 9.79.